The van der Waals surface area contributed by atoms with E-state index in [9.17, 15) is 14.4 Å². The van der Waals surface area contributed by atoms with E-state index < -0.39 is 11.9 Å². The molecule has 1 heterocycles. The molecule has 0 aliphatic rings. The first-order valence-corrected chi connectivity index (χ1v) is 11.0. The molecular formula is C23H18N2O5S2. The summed E-state index contributed by atoms with van der Waals surface area (Å²) in [7, 11) is 2.63. The van der Waals surface area contributed by atoms with Gasteiger partial charge in [0.05, 0.1) is 36.4 Å². The number of para-hydroxylation sites is 2. The van der Waals surface area contributed by atoms with E-state index in [-0.39, 0.29) is 5.69 Å². The zero-order valence-electron chi connectivity index (χ0n) is 17.2. The van der Waals surface area contributed by atoms with Crippen molar-refractivity contribution >= 4 is 46.9 Å². The number of ether oxygens (including phenoxy) is 2. The topological polar surface area (TPSA) is 79.5 Å². The fraction of sp³-hybridized carbons (Fsp3) is 0.0870. The number of hydrogen-bond donors (Lipinski definition) is 0. The molecule has 162 valence electrons. The monoisotopic (exact) mass is 466 g/mol. The maximum Gasteiger partial charge on any atom is 0.350 e. The van der Waals surface area contributed by atoms with Gasteiger partial charge in [-0.3, -0.25) is 0 Å². The number of aromatic nitrogens is 2. The third-order valence-electron chi connectivity index (χ3n) is 4.63. The first kappa shape index (κ1) is 21.8. The highest BCUT2D eigenvalue weighted by atomic mass is 32.2. The second-order valence-electron chi connectivity index (χ2n) is 6.52. The van der Waals surface area contributed by atoms with E-state index in [1.165, 1.54) is 22.2 Å². The van der Waals surface area contributed by atoms with E-state index in [0.717, 1.165) is 23.9 Å². The number of esters is 2. The van der Waals surface area contributed by atoms with Crippen molar-refractivity contribution in [2.24, 2.45) is 0 Å². The molecule has 0 saturated carbocycles. The second-order valence-corrected chi connectivity index (χ2v) is 8.49. The molecule has 0 amide bonds. The van der Waals surface area contributed by atoms with Crippen molar-refractivity contribution < 1.29 is 19.1 Å². The number of nitrogens with zero attached hydrogens (tertiary/aromatic N) is 2. The number of hydrogen-bond acceptors (Lipinski definition) is 7. The number of rotatable bonds is 6. The standard InChI is InChI=1S/C23H18N2O5S2/c1-29-21(26)15-9-3-7-13-19(15)31-24-17-11-5-6-12-18(17)25(23(24)28)32-20-14-8-4-10-16(20)22(27)30-2/h3-14H,1-2H3. The molecular weight excluding hydrogens is 448 g/mol. The van der Waals surface area contributed by atoms with Crippen LogP contribution in [0.25, 0.3) is 11.0 Å². The lowest BCUT2D eigenvalue weighted by Crippen LogP contribution is -2.18. The van der Waals surface area contributed by atoms with Crippen molar-refractivity contribution in [1.82, 2.24) is 7.94 Å². The molecule has 0 bridgehead atoms. The molecule has 1 aromatic heterocycles. The lowest BCUT2D eigenvalue weighted by Gasteiger charge is -2.08. The molecule has 3 aromatic carbocycles. The molecule has 7 nitrogen and oxygen atoms in total. The minimum atomic E-state index is -0.480. The highest BCUT2D eigenvalue weighted by Crippen LogP contribution is 2.31. The first-order chi connectivity index (χ1) is 15.5. The molecule has 32 heavy (non-hydrogen) atoms. The Morgan fingerprint density at radius 2 is 1.03 bits per heavy atom. The Morgan fingerprint density at radius 3 is 1.44 bits per heavy atom. The van der Waals surface area contributed by atoms with E-state index >= 15 is 0 Å². The Kier molecular flexibility index (Phi) is 6.38. The summed E-state index contributed by atoms with van der Waals surface area (Å²) in [5.74, 6) is -0.961. The number of fused-ring (bicyclic) bond motifs is 1. The van der Waals surface area contributed by atoms with Gasteiger partial charge >= 0.3 is 17.6 Å². The van der Waals surface area contributed by atoms with E-state index in [1.807, 2.05) is 24.3 Å². The summed E-state index contributed by atoms with van der Waals surface area (Å²) in [6, 6.07) is 21.2. The van der Waals surface area contributed by atoms with Crippen LogP contribution >= 0.6 is 23.9 Å². The smallest absolute Gasteiger partial charge is 0.350 e. The number of imidazole rings is 1. The van der Waals surface area contributed by atoms with Crippen molar-refractivity contribution in [3.05, 3.63) is 94.4 Å². The summed E-state index contributed by atoms with van der Waals surface area (Å²) < 4.78 is 12.8. The molecule has 0 unspecified atom stereocenters. The fourth-order valence-corrected chi connectivity index (χ4v) is 5.17. The molecule has 9 heteroatoms. The molecule has 0 aliphatic heterocycles. The van der Waals surface area contributed by atoms with Gasteiger partial charge in [0.25, 0.3) is 0 Å². The molecule has 0 saturated heterocycles. The van der Waals surface area contributed by atoms with Crippen molar-refractivity contribution in [3.63, 3.8) is 0 Å². The van der Waals surface area contributed by atoms with Gasteiger partial charge in [0.2, 0.25) is 0 Å². The van der Waals surface area contributed by atoms with Gasteiger partial charge < -0.3 is 9.47 Å². The third kappa shape index (κ3) is 4.04. The summed E-state index contributed by atoms with van der Waals surface area (Å²) in [4.78, 5) is 39.0. The van der Waals surface area contributed by atoms with Crippen LogP contribution in [-0.4, -0.2) is 34.1 Å². The Hall–Kier alpha value is -3.43. The van der Waals surface area contributed by atoms with Crippen LogP contribution in [0.15, 0.2) is 87.4 Å². The van der Waals surface area contributed by atoms with E-state index in [1.54, 1.807) is 48.5 Å². The van der Waals surface area contributed by atoms with Crippen LogP contribution < -0.4 is 5.69 Å². The summed E-state index contributed by atoms with van der Waals surface area (Å²) in [5.41, 5.74) is 1.76. The van der Waals surface area contributed by atoms with Gasteiger partial charge in [-0.25, -0.2) is 22.3 Å². The largest absolute Gasteiger partial charge is 0.465 e. The van der Waals surface area contributed by atoms with Gasteiger partial charge in [-0.2, -0.15) is 0 Å². The van der Waals surface area contributed by atoms with Crippen LogP contribution in [0.5, 0.6) is 0 Å². The average molecular weight is 467 g/mol. The van der Waals surface area contributed by atoms with Crippen LogP contribution in [0, 0.1) is 0 Å². The van der Waals surface area contributed by atoms with Gasteiger partial charge in [-0.1, -0.05) is 36.4 Å². The first-order valence-electron chi connectivity index (χ1n) is 9.49. The van der Waals surface area contributed by atoms with Gasteiger partial charge in [-0.05, 0) is 60.3 Å². The number of carbonyl (C=O) groups excluding carboxylic acids is 2. The quantitative estimate of drug-likeness (QED) is 0.388. The van der Waals surface area contributed by atoms with Crippen LogP contribution in [-0.2, 0) is 9.47 Å². The van der Waals surface area contributed by atoms with Gasteiger partial charge in [0.1, 0.15) is 0 Å². The molecule has 0 spiro atoms. The van der Waals surface area contributed by atoms with Crippen LogP contribution in [0.2, 0.25) is 0 Å². The Morgan fingerprint density at radius 1 is 0.656 bits per heavy atom. The fourth-order valence-electron chi connectivity index (χ4n) is 3.12. The maximum atomic E-state index is 13.5. The second kappa shape index (κ2) is 9.37. The van der Waals surface area contributed by atoms with Crippen LogP contribution in [0.1, 0.15) is 20.7 Å². The molecule has 0 aliphatic carbocycles. The number of carbonyl (C=O) groups is 2. The summed E-state index contributed by atoms with van der Waals surface area (Å²) in [5, 5.41) is 0. The Labute approximate surface area is 192 Å². The van der Waals surface area contributed by atoms with Gasteiger partial charge in [-0.15, -0.1) is 0 Å². The van der Waals surface area contributed by atoms with E-state index in [4.69, 9.17) is 9.47 Å². The zero-order chi connectivity index (χ0) is 22.7. The Bertz CT molecular complexity index is 1270. The molecule has 4 aromatic rings. The highest BCUT2D eigenvalue weighted by molar-refractivity contribution is 7.98. The molecule has 0 radical (unpaired) electrons. The average Bonchev–Trinajstić information content (AvgIpc) is 3.09. The van der Waals surface area contributed by atoms with E-state index in [2.05, 4.69) is 0 Å². The highest BCUT2D eigenvalue weighted by Gasteiger charge is 2.20. The predicted molar refractivity (Wildman–Crippen MR) is 124 cm³/mol. The minimum Gasteiger partial charge on any atom is -0.465 e. The third-order valence-corrected chi connectivity index (χ3v) is 6.81. The molecule has 4 rings (SSSR count). The van der Waals surface area contributed by atoms with E-state index in [0.29, 0.717) is 32.0 Å². The molecule has 0 N–H and O–H groups in total. The van der Waals surface area contributed by atoms with Crippen LogP contribution in [0.4, 0.5) is 0 Å². The SMILES string of the molecule is COC(=O)c1ccccc1Sn1c(=O)n(Sc2ccccc2C(=O)OC)c2ccccc21. The van der Waals surface area contributed by atoms with Crippen molar-refractivity contribution in [3.8, 4) is 0 Å². The summed E-state index contributed by atoms with van der Waals surface area (Å²) >= 11 is 2.28. The summed E-state index contributed by atoms with van der Waals surface area (Å²) in [6.07, 6.45) is 0. The summed E-state index contributed by atoms with van der Waals surface area (Å²) in [6.45, 7) is 0. The Balaban J connectivity index is 1.83. The minimum absolute atomic E-state index is 0.319. The zero-order valence-corrected chi connectivity index (χ0v) is 18.8. The van der Waals surface area contributed by atoms with Crippen molar-refractivity contribution in [2.75, 3.05) is 14.2 Å². The maximum absolute atomic E-state index is 13.5. The normalized spacial score (nSPS) is 10.8. The molecule has 0 atom stereocenters. The molecule has 0 fully saturated rings. The van der Waals surface area contributed by atoms with Crippen molar-refractivity contribution in [1.29, 1.82) is 0 Å². The lowest BCUT2D eigenvalue weighted by atomic mass is 10.2. The predicted octanol–water partition coefficient (Wildman–Crippen LogP) is 4.49. The van der Waals surface area contributed by atoms with Gasteiger partial charge in [0.15, 0.2) is 0 Å². The van der Waals surface area contributed by atoms with Crippen LogP contribution in [0.3, 0.4) is 0 Å². The number of methoxy groups -OCH3 is 2. The van der Waals surface area contributed by atoms with Gasteiger partial charge in [0, 0.05) is 9.79 Å². The lowest BCUT2D eigenvalue weighted by molar-refractivity contribution is 0.0588. The number of benzene rings is 3. The van der Waals surface area contributed by atoms with Crippen molar-refractivity contribution in [2.45, 2.75) is 9.79 Å².